The van der Waals surface area contributed by atoms with Crippen molar-refractivity contribution in [3.8, 4) is 0 Å². The number of amides is 2. The first kappa shape index (κ1) is 19.5. The Morgan fingerprint density at radius 3 is 2.14 bits per heavy atom. The van der Waals surface area contributed by atoms with Crippen molar-refractivity contribution in [2.24, 2.45) is 5.92 Å². The van der Waals surface area contributed by atoms with E-state index in [1.165, 1.54) is 0 Å². The van der Waals surface area contributed by atoms with Crippen LogP contribution in [0.25, 0.3) is 0 Å². The number of hydrogen-bond acceptors (Lipinski definition) is 5. The summed E-state index contributed by atoms with van der Waals surface area (Å²) in [6.07, 6.45) is 3.63. The topological polar surface area (TPSA) is 83.0 Å². The maximum absolute atomic E-state index is 12.9. The third-order valence-electron chi connectivity index (χ3n) is 5.62. The van der Waals surface area contributed by atoms with Crippen LogP contribution in [0.5, 0.6) is 0 Å². The number of carbonyl (C=O) groups excluding carboxylic acids is 2. The van der Waals surface area contributed by atoms with Crippen LogP contribution in [0.1, 0.15) is 26.3 Å². The predicted molar refractivity (Wildman–Crippen MR) is 107 cm³/mol. The fourth-order valence-electron chi connectivity index (χ4n) is 3.93. The summed E-state index contributed by atoms with van der Waals surface area (Å²) in [7, 11) is 0. The zero-order chi connectivity index (χ0) is 20.2. The lowest BCUT2D eigenvalue weighted by Crippen LogP contribution is -2.40. The van der Waals surface area contributed by atoms with Crippen molar-refractivity contribution in [1.29, 1.82) is 0 Å². The van der Waals surface area contributed by atoms with E-state index >= 15 is 0 Å². The molecule has 2 aromatic rings. The van der Waals surface area contributed by atoms with Gasteiger partial charge in [0.05, 0.1) is 19.3 Å². The zero-order valence-corrected chi connectivity index (χ0v) is 16.2. The average Bonchev–Trinajstić information content (AvgIpc) is 3.14. The molecule has 7 heteroatoms. The molecule has 0 saturated carbocycles. The standard InChI is InChI=1S/C22H25N3O4/c26-20-15-25(14-19(20)13-16-5-7-23-8-6-16)22(28)18-3-1-17(2-4-18)21(27)24-9-11-29-12-10-24/h1-8,19-20,26H,9-15H2/t19-,20-/m1/s1. The Labute approximate surface area is 169 Å². The summed E-state index contributed by atoms with van der Waals surface area (Å²) in [4.78, 5) is 32.9. The van der Waals surface area contributed by atoms with Crippen LogP contribution in [0.2, 0.25) is 0 Å². The van der Waals surface area contributed by atoms with Crippen molar-refractivity contribution < 1.29 is 19.4 Å². The monoisotopic (exact) mass is 395 g/mol. The van der Waals surface area contributed by atoms with Crippen LogP contribution in [-0.2, 0) is 11.2 Å². The molecule has 0 radical (unpaired) electrons. The Balaban J connectivity index is 1.38. The van der Waals surface area contributed by atoms with Gasteiger partial charge in [-0.2, -0.15) is 0 Å². The number of nitrogens with zero attached hydrogens (tertiary/aromatic N) is 3. The molecular weight excluding hydrogens is 370 g/mol. The molecule has 2 saturated heterocycles. The number of hydrogen-bond donors (Lipinski definition) is 1. The van der Waals surface area contributed by atoms with E-state index in [2.05, 4.69) is 4.98 Å². The minimum absolute atomic E-state index is 0.00326. The van der Waals surface area contributed by atoms with Crippen LogP contribution in [0.4, 0.5) is 0 Å². The highest BCUT2D eigenvalue weighted by Gasteiger charge is 2.34. The molecule has 4 rings (SSSR count). The van der Waals surface area contributed by atoms with Crippen molar-refractivity contribution >= 4 is 11.8 Å². The average molecular weight is 395 g/mol. The van der Waals surface area contributed by atoms with Crippen LogP contribution in [0.3, 0.4) is 0 Å². The van der Waals surface area contributed by atoms with Gasteiger partial charge in [0, 0.05) is 55.6 Å². The summed E-state index contributed by atoms with van der Waals surface area (Å²) in [5, 5.41) is 10.4. The normalized spacial score (nSPS) is 22.0. The van der Waals surface area contributed by atoms with Gasteiger partial charge in [-0.3, -0.25) is 14.6 Å². The first-order chi connectivity index (χ1) is 14.1. The van der Waals surface area contributed by atoms with Crippen molar-refractivity contribution in [3.63, 3.8) is 0 Å². The lowest BCUT2D eigenvalue weighted by atomic mass is 9.97. The number of rotatable bonds is 4. The number of likely N-dealkylation sites (tertiary alicyclic amines) is 1. The van der Waals surface area contributed by atoms with Crippen LogP contribution in [0, 0.1) is 5.92 Å². The van der Waals surface area contributed by atoms with Gasteiger partial charge in [-0.05, 0) is 48.4 Å². The molecule has 0 spiro atoms. The Bertz CT molecular complexity index is 850. The molecule has 3 heterocycles. The second kappa shape index (κ2) is 8.71. The minimum Gasteiger partial charge on any atom is -0.391 e. The molecule has 152 valence electrons. The summed E-state index contributed by atoms with van der Waals surface area (Å²) in [6, 6.07) is 10.7. The van der Waals surface area contributed by atoms with Gasteiger partial charge in [0.2, 0.25) is 0 Å². The smallest absolute Gasteiger partial charge is 0.254 e. The SMILES string of the molecule is O=C(c1ccc(C(=O)N2C[C@@H](Cc3ccncc3)[C@H](O)C2)cc1)N1CCOCC1. The number of benzene rings is 1. The van der Waals surface area contributed by atoms with Gasteiger partial charge in [0.1, 0.15) is 0 Å². The molecule has 29 heavy (non-hydrogen) atoms. The Kier molecular flexibility index (Phi) is 5.87. The van der Waals surface area contributed by atoms with E-state index in [0.717, 1.165) is 5.56 Å². The fourth-order valence-corrected chi connectivity index (χ4v) is 3.93. The van der Waals surface area contributed by atoms with Gasteiger partial charge in [0.25, 0.3) is 11.8 Å². The highest BCUT2D eigenvalue weighted by Crippen LogP contribution is 2.23. The second-order valence-electron chi connectivity index (χ2n) is 7.58. The molecule has 2 fully saturated rings. The van der Waals surface area contributed by atoms with Gasteiger partial charge in [-0.25, -0.2) is 0 Å². The van der Waals surface area contributed by atoms with Crippen molar-refractivity contribution in [1.82, 2.24) is 14.8 Å². The van der Waals surface area contributed by atoms with Gasteiger partial charge in [-0.1, -0.05) is 0 Å². The summed E-state index contributed by atoms with van der Waals surface area (Å²) in [5.74, 6) is -0.156. The van der Waals surface area contributed by atoms with E-state index in [-0.39, 0.29) is 17.7 Å². The van der Waals surface area contributed by atoms with Crippen LogP contribution >= 0.6 is 0 Å². The van der Waals surface area contributed by atoms with Crippen molar-refractivity contribution in [3.05, 3.63) is 65.5 Å². The number of pyridine rings is 1. The Hall–Kier alpha value is -2.77. The third-order valence-corrected chi connectivity index (χ3v) is 5.62. The molecule has 0 unspecified atom stereocenters. The highest BCUT2D eigenvalue weighted by molar-refractivity contribution is 5.98. The van der Waals surface area contributed by atoms with Crippen molar-refractivity contribution in [2.45, 2.75) is 12.5 Å². The van der Waals surface area contributed by atoms with Crippen LogP contribution in [0.15, 0.2) is 48.8 Å². The van der Waals surface area contributed by atoms with Gasteiger partial charge in [-0.15, -0.1) is 0 Å². The highest BCUT2D eigenvalue weighted by atomic mass is 16.5. The van der Waals surface area contributed by atoms with E-state index in [1.54, 1.807) is 46.5 Å². The minimum atomic E-state index is -0.547. The number of ether oxygens (including phenoxy) is 1. The Morgan fingerprint density at radius 2 is 1.52 bits per heavy atom. The van der Waals surface area contributed by atoms with E-state index in [1.807, 2.05) is 12.1 Å². The molecule has 2 amide bonds. The number of aromatic nitrogens is 1. The van der Waals surface area contributed by atoms with Gasteiger partial charge in [0.15, 0.2) is 0 Å². The first-order valence-electron chi connectivity index (χ1n) is 9.95. The molecular formula is C22H25N3O4. The van der Waals surface area contributed by atoms with Crippen LogP contribution in [-0.4, -0.2) is 77.2 Å². The van der Waals surface area contributed by atoms with E-state index < -0.39 is 6.10 Å². The summed E-state index contributed by atoms with van der Waals surface area (Å²) >= 11 is 0. The van der Waals surface area contributed by atoms with E-state index in [0.29, 0.717) is 56.9 Å². The maximum atomic E-state index is 12.9. The lowest BCUT2D eigenvalue weighted by molar-refractivity contribution is 0.0303. The molecule has 2 aliphatic rings. The maximum Gasteiger partial charge on any atom is 0.254 e. The third kappa shape index (κ3) is 4.46. The molecule has 2 aliphatic heterocycles. The predicted octanol–water partition coefficient (Wildman–Crippen LogP) is 1.23. The number of aliphatic hydroxyl groups excluding tert-OH is 1. The summed E-state index contributed by atoms with van der Waals surface area (Å²) < 4.78 is 5.28. The number of β-amino-alcohol motifs (C(OH)–C–C–N with tert-alkyl or cyclic N) is 1. The molecule has 2 atom stereocenters. The van der Waals surface area contributed by atoms with Crippen molar-refractivity contribution in [2.75, 3.05) is 39.4 Å². The van der Waals surface area contributed by atoms with E-state index in [4.69, 9.17) is 4.74 Å². The zero-order valence-electron chi connectivity index (χ0n) is 16.2. The van der Waals surface area contributed by atoms with Gasteiger partial charge >= 0.3 is 0 Å². The number of carbonyl (C=O) groups is 2. The largest absolute Gasteiger partial charge is 0.391 e. The quantitative estimate of drug-likeness (QED) is 0.842. The summed E-state index contributed by atoms with van der Waals surface area (Å²) in [6.45, 7) is 3.12. The summed E-state index contributed by atoms with van der Waals surface area (Å²) in [5.41, 5.74) is 2.20. The Morgan fingerprint density at radius 1 is 0.931 bits per heavy atom. The molecule has 0 bridgehead atoms. The van der Waals surface area contributed by atoms with Crippen LogP contribution < -0.4 is 0 Å². The molecule has 1 aromatic carbocycles. The first-order valence-corrected chi connectivity index (χ1v) is 9.95. The van der Waals surface area contributed by atoms with Gasteiger partial charge < -0.3 is 19.6 Å². The number of aliphatic hydroxyl groups is 1. The molecule has 0 aliphatic carbocycles. The lowest BCUT2D eigenvalue weighted by Gasteiger charge is -2.27. The second-order valence-corrected chi connectivity index (χ2v) is 7.58. The van der Waals surface area contributed by atoms with E-state index in [9.17, 15) is 14.7 Å². The molecule has 1 aromatic heterocycles. The fraction of sp³-hybridized carbons (Fsp3) is 0.409. The molecule has 1 N–H and O–H groups in total. The number of morpholine rings is 1. The molecule has 7 nitrogen and oxygen atoms in total.